The van der Waals surface area contributed by atoms with E-state index in [2.05, 4.69) is 0 Å². The number of rotatable bonds is 6. The summed E-state index contributed by atoms with van der Waals surface area (Å²) in [7, 11) is -2.71. The Labute approximate surface area is 181 Å². The average molecular weight is 457 g/mol. The predicted octanol–water partition coefficient (Wildman–Crippen LogP) is 4.13. The van der Waals surface area contributed by atoms with E-state index in [9.17, 15) is 13.2 Å². The maximum Gasteiger partial charge on any atom is 0.268 e. The van der Waals surface area contributed by atoms with Crippen molar-refractivity contribution in [2.45, 2.75) is 24.7 Å². The molecule has 2 aromatic rings. The molecule has 1 fully saturated rings. The molecule has 0 N–H and O–H groups in total. The number of sulfonamides is 1. The second kappa shape index (κ2) is 8.81. The molecule has 2 aromatic carbocycles. The Morgan fingerprint density at radius 3 is 2.41 bits per heavy atom. The fourth-order valence-electron chi connectivity index (χ4n) is 3.25. The van der Waals surface area contributed by atoms with Crippen molar-refractivity contribution >= 4 is 44.8 Å². The number of anilines is 1. The number of nitrogens with zero attached hydrogens (tertiary/aromatic N) is 2. The molecule has 0 bridgehead atoms. The summed E-state index contributed by atoms with van der Waals surface area (Å²) in [6, 6.07) is 9.37. The topological polar surface area (TPSA) is 66.9 Å². The number of carbonyl (C=O) groups excluding carboxylic acids is 1. The van der Waals surface area contributed by atoms with E-state index in [1.807, 2.05) is 0 Å². The Bertz CT molecular complexity index is 1020. The van der Waals surface area contributed by atoms with E-state index in [1.165, 1.54) is 31.4 Å². The van der Waals surface area contributed by atoms with E-state index in [-0.39, 0.29) is 33.8 Å². The summed E-state index contributed by atoms with van der Waals surface area (Å²) in [4.78, 5) is 14.5. The van der Waals surface area contributed by atoms with E-state index in [4.69, 9.17) is 27.9 Å². The van der Waals surface area contributed by atoms with Crippen molar-refractivity contribution in [3.8, 4) is 5.75 Å². The Balaban J connectivity index is 2.09. The second-order valence-corrected chi connectivity index (χ2v) is 9.50. The van der Waals surface area contributed by atoms with Gasteiger partial charge in [-0.15, -0.1) is 0 Å². The minimum Gasteiger partial charge on any atom is -0.495 e. The SMILES string of the molecule is COc1ccc(C)cc1S(=O)(=O)N(CC(=O)N1CCCC1)c1ccc(Cl)c(Cl)c1. The lowest BCUT2D eigenvalue weighted by Crippen LogP contribution is -2.42. The molecule has 156 valence electrons. The molecule has 1 amide bonds. The molecule has 1 saturated heterocycles. The molecule has 3 rings (SSSR count). The third kappa shape index (κ3) is 4.63. The summed E-state index contributed by atoms with van der Waals surface area (Å²) in [6.45, 7) is 2.71. The highest BCUT2D eigenvalue weighted by molar-refractivity contribution is 7.93. The highest BCUT2D eigenvalue weighted by atomic mass is 35.5. The van der Waals surface area contributed by atoms with Gasteiger partial charge < -0.3 is 9.64 Å². The van der Waals surface area contributed by atoms with Crippen molar-refractivity contribution in [3.05, 3.63) is 52.0 Å². The van der Waals surface area contributed by atoms with Crippen LogP contribution in [0.4, 0.5) is 5.69 Å². The number of carbonyl (C=O) groups is 1. The summed E-state index contributed by atoms with van der Waals surface area (Å²) in [5, 5.41) is 0.501. The number of ether oxygens (including phenoxy) is 1. The minimum atomic E-state index is -4.11. The van der Waals surface area contributed by atoms with Crippen molar-refractivity contribution < 1.29 is 17.9 Å². The van der Waals surface area contributed by atoms with Crippen LogP contribution in [0.25, 0.3) is 0 Å². The molecule has 0 spiro atoms. The first-order chi connectivity index (χ1) is 13.7. The molecule has 6 nitrogen and oxygen atoms in total. The van der Waals surface area contributed by atoms with Gasteiger partial charge in [-0.3, -0.25) is 9.10 Å². The Morgan fingerprint density at radius 2 is 1.79 bits per heavy atom. The van der Waals surface area contributed by atoms with Gasteiger partial charge >= 0.3 is 0 Å². The summed E-state index contributed by atoms with van der Waals surface area (Å²) >= 11 is 12.1. The van der Waals surface area contributed by atoms with Gasteiger partial charge in [0.1, 0.15) is 17.2 Å². The van der Waals surface area contributed by atoms with Gasteiger partial charge in [-0.25, -0.2) is 8.42 Å². The van der Waals surface area contributed by atoms with Gasteiger partial charge in [0, 0.05) is 13.1 Å². The van der Waals surface area contributed by atoms with Crippen LogP contribution in [-0.2, 0) is 14.8 Å². The molecule has 0 unspecified atom stereocenters. The molecule has 0 radical (unpaired) electrons. The van der Waals surface area contributed by atoms with Gasteiger partial charge in [0.05, 0.1) is 22.8 Å². The lowest BCUT2D eigenvalue weighted by Gasteiger charge is -2.27. The van der Waals surface area contributed by atoms with Crippen LogP contribution in [0.5, 0.6) is 5.75 Å². The van der Waals surface area contributed by atoms with Gasteiger partial charge in [-0.05, 0) is 55.7 Å². The van der Waals surface area contributed by atoms with E-state index in [1.54, 1.807) is 24.0 Å². The lowest BCUT2D eigenvalue weighted by atomic mass is 10.2. The Morgan fingerprint density at radius 1 is 1.10 bits per heavy atom. The fourth-order valence-corrected chi connectivity index (χ4v) is 5.19. The average Bonchev–Trinajstić information content (AvgIpc) is 3.23. The maximum absolute atomic E-state index is 13.6. The number of amides is 1. The monoisotopic (exact) mass is 456 g/mol. The highest BCUT2D eigenvalue weighted by Gasteiger charge is 2.32. The third-order valence-corrected chi connectivity index (χ3v) is 7.35. The molecule has 29 heavy (non-hydrogen) atoms. The molecule has 0 aromatic heterocycles. The number of aryl methyl sites for hydroxylation is 1. The van der Waals surface area contributed by atoms with Crippen molar-refractivity contribution in [2.24, 2.45) is 0 Å². The largest absolute Gasteiger partial charge is 0.495 e. The van der Waals surface area contributed by atoms with Gasteiger partial charge in [0.25, 0.3) is 10.0 Å². The van der Waals surface area contributed by atoms with E-state index < -0.39 is 10.0 Å². The molecule has 1 aliphatic heterocycles. The smallest absolute Gasteiger partial charge is 0.268 e. The summed E-state index contributed by atoms with van der Waals surface area (Å²) < 4.78 is 33.6. The van der Waals surface area contributed by atoms with Crippen LogP contribution >= 0.6 is 23.2 Å². The van der Waals surface area contributed by atoms with Crippen molar-refractivity contribution in [2.75, 3.05) is 31.0 Å². The summed E-state index contributed by atoms with van der Waals surface area (Å²) in [5.41, 5.74) is 1.01. The first-order valence-electron chi connectivity index (χ1n) is 9.14. The van der Waals surface area contributed by atoms with Crippen LogP contribution in [0.1, 0.15) is 18.4 Å². The van der Waals surface area contributed by atoms with Gasteiger partial charge in [0.2, 0.25) is 5.91 Å². The number of methoxy groups -OCH3 is 1. The molecule has 0 aliphatic carbocycles. The zero-order valence-corrected chi connectivity index (χ0v) is 18.5. The van der Waals surface area contributed by atoms with E-state index >= 15 is 0 Å². The lowest BCUT2D eigenvalue weighted by molar-refractivity contribution is -0.128. The molecular formula is C20H22Cl2N2O4S. The normalized spacial score (nSPS) is 14.1. The molecule has 0 atom stereocenters. The van der Waals surface area contributed by atoms with Crippen LogP contribution in [0, 0.1) is 6.92 Å². The Kier molecular flexibility index (Phi) is 6.61. The van der Waals surface area contributed by atoms with Crippen molar-refractivity contribution in [3.63, 3.8) is 0 Å². The zero-order valence-electron chi connectivity index (χ0n) is 16.2. The van der Waals surface area contributed by atoms with Gasteiger partial charge in [0.15, 0.2) is 0 Å². The molecule has 9 heteroatoms. The number of benzene rings is 2. The molecule has 0 saturated carbocycles. The maximum atomic E-state index is 13.6. The standard InChI is InChI=1S/C20H22Cl2N2O4S/c1-14-5-8-18(28-2)19(11-14)29(26,27)24(13-20(25)23-9-3-4-10-23)15-6-7-16(21)17(22)12-15/h5-8,11-12H,3-4,9-10,13H2,1-2H3. The second-order valence-electron chi connectivity index (χ2n) is 6.85. The first-order valence-corrected chi connectivity index (χ1v) is 11.3. The van der Waals surface area contributed by atoms with Gasteiger partial charge in [-0.1, -0.05) is 29.3 Å². The van der Waals surface area contributed by atoms with Crippen LogP contribution in [0.2, 0.25) is 10.0 Å². The third-order valence-electron chi connectivity index (χ3n) is 4.82. The van der Waals surface area contributed by atoms with Crippen molar-refractivity contribution in [1.29, 1.82) is 0 Å². The Hall–Kier alpha value is -1.96. The number of halogens is 2. The first kappa shape index (κ1) is 21.7. The number of likely N-dealkylation sites (tertiary alicyclic amines) is 1. The van der Waals surface area contributed by atoms with Crippen molar-refractivity contribution in [1.82, 2.24) is 4.90 Å². The highest BCUT2D eigenvalue weighted by Crippen LogP contribution is 2.34. The van der Waals surface area contributed by atoms with Gasteiger partial charge in [-0.2, -0.15) is 0 Å². The summed E-state index contributed by atoms with van der Waals surface area (Å²) in [5.74, 6) is -0.0574. The number of hydrogen-bond donors (Lipinski definition) is 0. The fraction of sp³-hybridized carbons (Fsp3) is 0.350. The molecule has 1 aliphatic rings. The predicted molar refractivity (Wildman–Crippen MR) is 115 cm³/mol. The minimum absolute atomic E-state index is 0.0136. The van der Waals surface area contributed by atoms with E-state index in [0.29, 0.717) is 18.1 Å². The number of hydrogen-bond acceptors (Lipinski definition) is 4. The van der Waals surface area contributed by atoms with Crippen LogP contribution in [0.15, 0.2) is 41.3 Å². The zero-order chi connectivity index (χ0) is 21.2. The summed E-state index contributed by atoms with van der Waals surface area (Å²) in [6.07, 6.45) is 1.83. The molecular weight excluding hydrogens is 435 g/mol. The van der Waals surface area contributed by atoms with Crippen LogP contribution in [-0.4, -0.2) is 46.0 Å². The molecule has 1 heterocycles. The quantitative estimate of drug-likeness (QED) is 0.655. The van der Waals surface area contributed by atoms with Crippen LogP contribution in [0.3, 0.4) is 0 Å². The van der Waals surface area contributed by atoms with Crippen LogP contribution < -0.4 is 9.04 Å². The van der Waals surface area contributed by atoms with E-state index in [0.717, 1.165) is 22.7 Å².